The van der Waals surface area contributed by atoms with Crippen molar-refractivity contribution in [3.8, 4) is 11.5 Å². The topological polar surface area (TPSA) is 57.1 Å². The molecule has 1 heterocycles. The third-order valence-electron chi connectivity index (χ3n) is 4.74. The van der Waals surface area contributed by atoms with Gasteiger partial charge in [0.15, 0.2) is 17.2 Å². The molecule has 3 aromatic rings. The summed E-state index contributed by atoms with van der Waals surface area (Å²) in [6, 6.07) is 21.0. The lowest BCUT2D eigenvalue weighted by Crippen LogP contribution is -2.05. The molecule has 0 N–H and O–H groups in total. The Morgan fingerprint density at radius 3 is 2.48 bits per heavy atom. The second-order valence-electron chi connectivity index (χ2n) is 7.00. The van der Waals surface area contributed by atoms with Gasteiger partial charge in [-0.1, -0.05) is 57.9 Å². The van der Waals surface area contributed by atoms with Gasteiger partial charge < -0.3 is 14.2 Å². The minimum absolute atomic E-state index is 0.206. The summed E-state index contributed by atoms with van der Waals surface area (Å²) in [6.07, 6.45) is 1.66. The van der Waals surface area contributed by atoms with E-state index < -0.39 is 5.97 Å². The first-order valence-corrected chi connectivity index (χ1v) is 10.5. The number of aliphatic imine (C=N–C) groups is 1. The first kappa shape index (κ1) is 20.9. The molecular weight excluding hydrogens is 458 g/mol. The predicted octanol–water partition coefficient (Wildman–Crippen LogP) is 5.69. The molecule has 156 valence electrons. The Morgan fingerprint density at radius 1 is 1.03 bits per heavy atom. The number of carbonyl (C=O) groups excluding carboxylic acids is 1. The smallest absolute Gasteiger partial charge is 0.363 e. The minimum Gasteiger partial charge on any atom is -0.493 e. The maximum Gasteiger partial charge on any atom is 0.363 e. The molecule has 0 spiro atoms. The predicted molar refractivity (Wildman–Crippen MR) is 123 cm³/mol. The van der Waals surface area contributed by atoms with Crippen LogP contribution in [0.15, 0.2) is 81.9 Å². The van der Waals surface area contributed by atoms with Crippen LogP contribution in [0.25, 0.3) is 6.08 Å². The van der Waals surface area contributed by atoms with E-state index in [1.165, 1.54) is 0 Å². The molecule has 31 heavy (non-hydrogen) atoms. The number of nitrogens with zero attached hydrogens (tertiary/aromatic N) is 1. The summed E-state index contributed by atoms with van der Waals surface area (Å²) in [5.74, 6) is 0.890. The number of halogens is 1. The molecule has 0 unspecified atom stereocenters. The third-order valence-corrected chi connectivity index (χ3v) is 5.27. The highest BCUT2D eigenvalue weighted by molar-refractivity contribution is 9.10. The number of cyclic esters (lactones) is 1. The molecular formula is C25H20BrNO4. The van der Waals surface area contributed by atoms with Crippen LogP contribution in [-0.4, -0.2) is 19.0 Å². The SMILES string of the molecule is COc1cccc(/C=C2\N=C(c3ccc(C)cc3)OC2=O)c1OCc1ccc(Br)cc1. The summed E-state index contributed by atoms with van der Waals surface area (Å²) in [5.41, 5.74) is 3.76. The Kier molecular flexibility index (Phi) is 6.18. The third kappa shape index (κ3) is 4.86. The fraction of sp³-hybridized carbons (Fsp3) is 0.120. The Balaban J connectivity index is 1.64. The highest BCUT2D eigenvalue weighted by Crippen LogP contribution is 2.34. The lowest BCUT2D eigenvalue weighted by Gasteiger charge is -2.13. The number of esters is 1. The minimum atomic E-state index is -0.503. The van der Waals surface area contributed by atoms with Crippen molar-refractivity contribution < 1.29 is 19.0 Å². The van der Waals surface area contributed by atoms with Gasteiger partial charge in [0.2, 0.25) is 5.90 Å². The summed E-state index contributed by atoms with van der Waals surface area (Å²) in [6.45, 7) is 2.35. The van der Waals surface area contributed by atoms with E-state index in [2.05, 4.69) is 20.9 Å². The zero-order chi connectivity index (χ0) is 21.8. The van der Waals surface area contributed by atoms with Gasteiger partial charge in [-0.3, -0.25) is 0 Å². The average Bonchev–Trinajstić information content (AvgIpc) is 3.14. The molecule has 0 aliphatic carbocycles. The fourth-order valence-corrected chi connectivity index (χ4v) is 3.34. The molecule has 0 amide bonds. The number of hydrogen-bond donors (Lipinski definition) is 0. The van der Waals surface area contributed by atoms with Gasteiger partial charge in [0, 0.05) is 15.6 Å². The zero-order valence-electron chi connectivity index (χ0n) is 17.1. The summed E-state index contributed by atoms with van der Waals surface area (Å²) in [7, 11) is 1.58. The van der Waals surface area contributed by atoms with Gasteiger partial charge in [-0.25, -0.2) is 9.79 Å². The summed E-state index contributed by atoms with van der Waals surface area (Å²) in [5, 5.41) is 0. The largest absolute Gasteiger partial charge is 0.493 e. The molecule has 0 atom stereocenters. The number of ether oxygens (including phenoxy) is 3. The van der Waals surface area contributed by atoms with E-state index in [1.54, 1.807) is 13.2 Å². The van der Waals surface area contributed by atoms with Crippen LogP contribution in [0.3, 0.4) is 0 Å². The van der Waals surface area contributed by atoms with Crippen LogP contribution >= 0.6 is 15.9 Å². The van der Waals surface area contributed by atoms with Crippen molar-refractivity contribution in [3.63, 3.8) is 0 Å². The second-order valence-corrected chi connectivity index (χ2v) is 7.91. The zero-order valence-corrected chi connectivity index (χ0v) is 18.7. The summed E-state index contributed by atoms with van der Waals surface area (Å²) >= 11 is 3.43. The molecule has 0 saturated heterocycles. The van der Waals surface area contributed by atoms with E-state index in [4.69, 9.17) is 14.2 Å². The van der Waals surface area contributed by atoms with Crippen molar-refractivity contribution in [1.82, 2.24) is 0 Å². The summed E-state index contributed by atoms with van der Waals surface area (Å²) < 4.78 is 17.9. The number of para-hydroxylation sites is 1. The van der Waals surface area contributed by atoms with Crippen LogP contribution in [0.4, 0.5) is 0 Å². The van der Waals surface area contributed by atoms with Gasteiger partial charge in [0.25, 0.3) is 0 Å². The van der Waals surface area contributed by atoms with Crippen molar-refractivity contribution in [2.24, 2.45) is 4.99 Å². The molecule has 5 nitrogen and oxygen atoms in total. The Morgan fingerprint density at radius 2 is 1.77 bits per heavy atom. The molecule has 1 aliphatic heterocycles. The molecule has 3 aromatic carbocycles. The number of rotatable bonds is 6. The van der Waals surface area contributed by atoms with E-state index in [9.17, 15) is 4.79 Å². The fourth-order valence-electron chi connectivity index (χ4n) is 3.07. The van der Waals surface area contributed by atoms with E-state index >= 15 is 0 Å². The van der Waals surface area contributed by atoms with Crippen molar-refractivity contribution in [3.05, 3.63) is 99.2 Å². The second kappa shape index (κ2) is 9.18. The van der Waals surface area contributed by atoms with Gasteiger partial charge in [-0.05, 0) is 48.9 Å². The van der Waals surface area contributed by atoms with Crippen LogP contribution in [-0.2, 0) is 16.1 Å². The average molecular weight is 478 g/mol. The quantitative estimate of drug-likeness (QED) is 0.338. The van der Waals surface area contributed by atoms with Crippen molar-refractivity contribution in [1.29, 1.82) is 0 Å². The van der Waals surface area contributed by atoms with Crippen LogP contribution in [0.2, 0.25) is 0 Å². The van der Waals surface area contributed by atoms with Gasteiger partial charge in [-0.2, -0.15) is 0 Å². The van der Waals surface area contributed by atoms with Crippen molar-refractivity contribution in [2.45, 2.75) is 13.5 Å². The molecule has 0 bridgehead atoms. The van der Waals surface area contributed by atoms with E-state index in [0.717, 1.165) is 21.2 Å². The van der Waals surface area contributed by atoms with E-state index in [-0.39, 0.29) is 11.6 Å². The molecule has 6 heteroatoms. The number of methoxy groups -OCH3 is 1. The maximum atomic E-state index is 12.4. The molecule has 4 rings (SSSR count). The van der Waals surface area contributed by atoms with Gasteiger partial charge in [0.1, 0.15) is 6.61 Å². The Bertz CT molecular complexity index is 1170. The summed E-state index contributed by atoms with van der Waals surface area (Å²) in [4.78, 5) is 16.8. The number of aryl methyl sites for hydroxylation is 1. The van der Waals surface area contributed by atoms with Crippen LogP contribution in [0.5, 0.6) is 11.5 Å². The number of hydrogen-bond acceptors (Lipinski definition) is 5. The lowest BCUT2D eigenvalue weighted by atomic mass is 10.1. The Hall–Kier alpha value is -3.38. The van der Waals surface area contributed by atoms with Crippen molar-refractivity contribution >= 4 is 33.9 Å². The molecule has 0 saturated carbocycles. The molecule has 0 fully saturated rings. The van der Waals surface area contributed by atoms with Gasteiger partial charge in [0.05, 0.1) is 7.11 Å². The van der Waals surface area contributed by atoms with Crippen LogP contribution in [0.1, 0.15) is 22.3 Å². The molecule has 0 radical (unpaired) electrons. The highest BCUT2D eigenvalue weighted by atomic mass is 79.9. The number of benzene rings is 3. The highest BCUT2D eigenvalue weighted by Gasteiger charge is 2.25. The first-order valence-electron chi connectivity index (χ1n) is 9.67. The molecule has 0 aromatic heterocycles. The molecule has 1 aliphatic rings. The van der Waals surface area contributed by atoms with Crippen LogP contribution in [0, 0.1) is 6.92 Å². The van der Waals surface area contributed by atoms with Gasteiger partial charge in [-0.15, -0.1) is 0 Å². The first-order chi connectivity index (χ1) is 15.0. The van der Waals surface area contributed by atoms with Crippen molar-refractivity contribution in [2.75, 3.05) is 7.11 Å². The van der Waals surface area contributed by atoms with Crippen LogP contribution < -0.4 is 9.47 Å². The maximum absolute atomic E-state index is 12.4. The van der Waals surface area contributed by atoms with E-state index in [0.29, 0.717) is 23.7 Å². The standard InChI is InChI=1S/C25H20BrNO4/c1-16-6-10-18(11-7-16)24-27-21(25(28)31-24)14-19-4-3-5-22(29-2)23(19)30-15-17-8-12-20(26)13-9-17/h3-14H,15H2,1-2H3/b21-14-. The monoisotopic (exact) mass is 477 g/mol. The normalized spacial score (nSPS) is 14.4. The Labute approximate surface area is 189 Å². The van der Waals surface area contributed by atoms with Gasteiger partial charge >= 0.3 is 5.97 Å². The van der Waals surface area contributed by atoms with E-state index in [1.807, 2.05) is 73.7 Å². The number of carbonyl (C=O) groups is 1. The lowest BCUT2D eigenvalue weighted by molar-refractivity contribution is -0.129.